The van der Waals surface area contributed by atoms with Gasteiger partial charge in [0.2, 0.25) is 5.91 Å². The van der Waals surface area contributed by atoms with Crippen molar-refractivity contribution in [2.24, 2.45) is 0 Å². The molecule has 7 heteroatoms. The number of benzene rings is 2. The molecule has 0 radical (unpaired) electrons. The molecule has 0 aliphatic rings. The minimum Gasteiger partial charge on any atom is -0.352 e. The summed E-state index contributed by atoms with van der Waals surface area (Å²) in [5.74, 6) is -0.0277. The quantitative estimate of drug-likeness (QED) is 0.451. The summed E-state index contributed by atoms with van der Waals surface area (Å²) in [7, 11) is 0. The van der Waals surface area contributed by atoms with Crippen molar-refractivity contribution in [2.45, 2.75) is 26.8 Å². The number of carbonyl (C=O) groups is 1. The maximum absolute atomic E-state index is 11.0. The molecule has 2 N–H and O–H groups in total. The van der Waals surface area contributed by atoms with Crippen molar-refractivity contribution in [3.8, 4) is 11.3 Å². The van der Waals surface area contributed by atoms with Crippen molar-refractivity contribution in [1.82, 2.24) is 15.3 Å². The molecule has 0 aliphatic carbocycles. The van der Waals surface area contributed by atoms with Crippen LogP contribution in [0, 0.1) is 0 Å². The number of rotatable bonds is 6. The lowest BCUT2D eigenvalue weighted by Crippen LogP contribution is -2.18. The smallest absolute Gasteiger partial charge is 0.217 e. The Bertz CT molecular complexity index is 1120. The van der Waals surface area contributed by atoms with Crippen LogP contribution in [0.25, 0.3) is 21.5 Å². The predicted octanol–water partition coefficient (Wildman–Crippen LogP) is 5.36. The molecule has 142 valence electrons. The van der Waals surface area contributed by atoms with Crippen molar-refractivity contribution in [2.75, 3.05) is 5.32 Å². The maximum atomic E-state index is 11.0. The van der Waals surface area contributed by atoms with Gasteiger partial charge < -0.3 is 10.6 Å². The van der Waals surface area contributed by atoms with Crippen molar-refractivity contribution in [3.05, 3.63) is 59.0 Å². The number of anilines is 2. The Balaban J connectivity index is 1.47. The molecule has 1 amide bonds. The molecule has 0 fully saturated rings. The molecule has 0 saturated heterocycles. The largest absolute Gasteiger partial charge is 0.352 e. The van der Waals surface area contributed by atoms with E-state index in [1.807, 2.05) is 29.6 Å². The van der Waals surface area contributed by atoms with E-state index in [2.05, 4.69) is 45.7 Å². The molecule has 4 aromatic rings. The van der Waals surface area contributed by atoms with Crippen LogP contribution in [0.4, 0.5) is 10.3 Å². The molecule has 0 aliphatic heterocycles. The molecule has 0 bridgehead atoms. The molecular weight excluding hydrogens is 388 g/mol. The van der Waals surface area contributed by atoms with Gasteiger partial charge in [-0.1, -0.05) is 48.6 Å². The van der Waals surface area contributed by atoms with Gasteiger partial charge in [-0.3, -0.25) is 4.79 Å². The fourth-order valence-electron chi connectivity index (χ4n) is 2.82. The minimum absolute atomic E-state index is 0.0277. The summed E-state index contributed by atoms with van der Waals surface area (Å²) < 4.78 is 1.19. The van der Waals surface area contributed by atoms with Crippen LogP contribution in [0.3, 0.4) is 0 Å². The summed E-state index contributed by atoms with van der Waals surface area (Å²) in [5.41, 5.74) is 5.37. The first-order chi connectivity index (χ1) is 13.6. The zero-order chi connectivity index (χ0) is 19.5. The Hall–Kier alpha value is -2.77. The lowest BCUT2D eigenvalue weighted by molar-refractivity contribution is -0.119. The minimum atomic E-state index is -0.0277. The summed E-state index contributed by atoms with van der Waals surface area (Å²) in [6, 6.07) is 14.5. The van der Waals surface area contributed by atoms with Crippen molar-refractivity contribution >= 4 is 49.1 Å². The van der Waals surface area contributed by atoms with E-state index < -0.39 is 0 Å². The molecule has 0 atom stereocenters. The number of fused-ring (bicyclic) bond motifs is 1. The van der Waals surface area contributed by atoms with E-state index in [1.165, 1.54) is 17.2 Å². The van der Waals surface area contributed by atoms with Crippen molar-refractivity contribution < 1.29 is 4.79 Å². The van der Waals surface area contributed by atoms with E-state index in [0.717, 1.165) is 39.0 Å². The van der Waals surface area contributed by atoms with Crippen LogP contribution in [0.2, 0.25) is 0 Å². The standard InChI is InChI=1S/C21H20N4OS2/c1-3-14-6-9-17-19(10-14)28-21(23-17)25-20-24-18(12-27-20)16-7-4-15(5-8-16)11-22-13(2)26/h4-10,12H,3,11H2,1-2H3,(H,22,26)(H,23,24,25). The molecule has 2 heterocycles. The lowest BCUT2D eigenvalue weighted by atomic mass is 10.1. The third kappa shape index (κ3) is 4.21. The summed E-state index contributed by atoms with van der Waals surface area (Å²) >= 11 is 3.21. The third-order valence-corrected chi connectivity index (χ3v) is 6.06. The second kappa shape index (κ2) is 8.08. The molecule has 2 aromatic heterocycles. The van der Waals surface area contributed by atoms with Gasteiger partial charge in [0.25, 0.3) is 0 Å². The zero-order valence-corrected chi connectivity index (χ0v) is 17.3. The highest BCUT2D eigenvalue weighted by molar-refractivity contribution is 7.22. The van der Waals surface area contributed by atoms with E-state index >= 15 is 0 Å². The van der Waals surface area contributed by atoms with Crippen LogP contribution in [0.15, 0.2) is 47.8 Å². The fourth-order valence-corrected chi connectivity index (χ4v) is 4.53. The van der Waals surface area contributed by atoms with E-state index in [0.29, 0.717) is 6.54 Å². The number of hydrogen-bond acceptors (Lipinski definition) is 6. The SMILES string of the molecule is CCc1ccc2nc(Nc3nc(-c4ccc(CNC(C)=O)cc4)cs3)sc2c1. The number of aromatic nitrogens is 2. The van der Waals surface area contributed by atoms with Crippen LogP contribution in [-0.4, -0.2) is 15.9 Å². The van der Waals surface area contributed by atoms with Crippen LogP contribution < -0.4 is 10.6 Å². The first-order valence-electron chi connectivity index (χ1n) is 9.06. The van der Waals surface area contributed by atoms with E-state index in [4.69, 9.17) is 0 Å². The van der Waals surface area contributed by atoms with Gasteiger partial charge in [0.05, 0.1) is 15.9 Å². The lowest BCUT2D eigenvalue weighted by Gasteiger charge is -2.03. The molecule has 28 heavy (non-hydrogen) atoms. The molecule has 5 nitrogen and oxygen atoms in total. The Morgan fingerprint density at radius 3 is 2.57 bits per heavy atom. The highest BCUT2D eigenvalue weighted by atomic mass is 32.1. The number of amides is 1. The van der Waals surface area contributed by atoms with Gasteiger partial charge in [0.1, 0.15) is 0 Å². The molecule has 0 unspecified atom stereocenters. The Morgan fingerprint density at radius 1 is 1.04 bits per heavy atom. The third-order valence-electron chi connectivity index (χ3n) is 4.37. The topological polar surface area (TPSA) is 66.9 Å². The van der Waals surface area contributed by atoms with Gasteiger partial charge in [-0.05, 0) is 29.7 Å². The van der Waals surface area contributed by atoms with Crippen LogP contribution in [0.1, 0.15) is 25.0 Å². The number of nitrogens with one attached hydrogen (secondary N) is 2. The van der Waals surface area contributed by atoms with Gasteiger partial charge in [-0.2, -0.15) is 0 Å². The Morgan fingerprint density at radius 2 is 1.82 bits per heavy atom. The molecular formula is C21H20N4OS2. The Kier molecular flexibility index (Phi) is 5.36. The predicted molar refractivity (Wildman–Crippen MR) is 117 cm³/mol. The number of hydrogen-bond donors (Lipinski definition) is 2. The first kappa shape index (κ1) is 18.6. The molecule has 0 spiro atoms. The zero-order valence-electron chi connectivity index (χ0n) is 15.7. The van der Waals surface area contributed by atoms with E-state index in [1.54, 1.807) is 22.7 Å². The second-order valence-electron chi connectivity index (χ2n) is 6.44. The first-order valence-corrected chi connectivity index (χ1v) is 10.8. The molecule has 0 saturated carbocycles. The van der Waals surface area contributed by atoms with Crippen LogP contribution >= 0.6 is 22.7 Å². The van der Waals surface area contributed by atoms with Gasteiger partial charge >= 0.3 is 0 Å². The van der Waals surface area contributed by atoms with E-state index in [9.17, 15) is 4.79 Å². The number of thiazole rings is 2. The summed E-state index contributed by atoms with van der Waals surface area (Å²) in [6.45, 7) is 4.22. The van der Waals surface area contributed by atoms with Crippen molar-refractivity contribution in [1.29, 1.82) is 0 Å². The fraction of sp³-hybridized carbons (Fsp3) is 0.190. The van der Waals surface area contributed by atoms with Gasteiger partial charge in [0, 0.05) is 24.4 Å². The van der Waals surface area contributed by atoms with Gasteiger partial charge in [0.15, 0.2) is 10.3 Å². The average molecular weight is 409 g/mol. The maximum Gasteiger partial charge on any atom is 0.217 e. The second-order valence-corrected chi connectivity index (χ2v) is 8.33. The highest BCUT2D eigenvalue weighted by Gasteiger charge is 2.09. The average Bonchev–Trinajstić information content (AvgIpc) is 3.32. The summed E-state index contributed by atoms with van der Waals surface area (Å²) in [5, 5.41) is 9.85. The number of nitrogens with zero attached hydrogens (tertiary/aromatic N) is 2. The van der Waals surface area contributed by atoms with E-state index in [-0.39, 0.29) is 5.91 Å². The summed E-state index contributed by atoms with van der Waals surface area (Å²) in [4.78, 5) is 20.4. The number of aryl methyl sites for hydroxylation is 1. The van der Waals surface area contributed by atoms with Gasteiger partial charge in [-0.25, -0.2) is 9.97 Å². The molecule has 2 aromatic carbocycles. The Labute approximate surface area is 171 Å². The van der Waals surface area contributed by atoms with Crippen LogP contribution in [-0.2, 0) is 17.8 Å². The summed E-state index contributed by atoms with van der Waals surface area (Å²) in [6.07, 6.45) is 1.02. The van der Waals surface area contributed by atoms with Crippen molar-refractivity contribution in [3.63, 3.8) is 0 Å². The monoisotopic (exact) mass is 408 g/mol. The molecule has 4 rings (SSSR count). The van der Waals surface area contributed by atoms with Crippen LogP contribution in [0.5, 0.6) is 0 Å². The van der Waals surface area contributed by atoms with Gasteiger partial charge in [-0.15, -0.1) is 11.3 Å². The normalized spacial score (nSPS) is 10.9. The number of carbonyl (C=O) groups excluding carboxylic acids is 1. The highest BCUT2D eigenvalue weighted by Crippen LogP contribution is 2.32.